The summed E-state index contributed by atoms with van der Waals surface area (Å²) in [5.74, 6) is 2.96. The molecule has 0 aromatic carbocycles. The van der Waals surface area contributed by atoms with Gasteiger partial charge in [-0.15, -0.1) is 0 Å². The number of carbonyl (C=O) groups is 2. The fourth-order valence-electron chi connectivity index (χ4n) is 3.69. The largest absolute Gasteiger partial charge is 0.303 e. The minimum absolute atomic E-state index is 0.473. The Bertz CT molecular complexity index is 254. The van der Waals surface area contributed by atoms with Gasteiger partial charge in [0.15, 0.2) is 0 Å². The van der Waals surface area contributed by atoms with Crippen LogP contribution in [0.15, 0.2) is 0 Å². The van der Waals surface area contributed by atoms with Gasteiger partial charge < -0.3 is 4.79 Å². The van der Waals surface area contributed by atoms with E-state index in [1.165, 1.54) is 25.7 Å². The highest BCUT2D eigenvalue weighted by Crippen LogP contribution is 2.40. The van der Waals surface area contributed by atoms with E-state index >= 15 is 0 Å². The van der Waals surface area contributed by atoms with E-state index in [9.17, 15) is 9.59 Å². The summed E-state index contributed by atoms with van der Waals surface area (Å²) in [7, 11) is 0. The third-order valence-electron chi connectivity index (χ3n) is 4.84. The van der Waals surface area contributed by atoms with Crippen LogP contribution in [0.3, 0.4) is 0 Å². The lowest BCUT2D eigenvalue weighted by Gasteiger charge is -2.35. The standard InChI is InChI=1S/C15H24O2/c16-11-1-2-12-3-5-13(6-4-12)14-7-9-15(17)10-8-14/h11-14H,1-10H2. The van der Waals surface area contributed by atoms with E-state index in [2.05, 4.69) is 0 Å². The summed E-state index contributed by atoms with van der Waals surface area (Å²) >= 11 is 0. The van der Waals surface area contributed by atoms with Crippen molar-refractivity contribution in [1.29, 1.82) is 0 Å². The van der Waals surface area contributed by atoms with Crippen LogP contribution in [0, 0.1) is 17.8 Å². The Balaban J connectivity index is 1.71. The fourth-order valence-corrected chi connectivity index (χ4v) is 3.69. The summed E-state index contributed by atoms with van der Waals surface area (Å²) in [4.78, 5) is 21.6. The molecule has 0 amide bonds. The first-order chi connectivity index (χ1) is 8.29. The van der Waals surface area contributed by atoms with Gasteiger partial charge in [-0.05, 0) is 49.9 Å². The molecule has 2 nitrogen and oxygen atoms in total. The molecule has 96 valence electrons. The van der Waals surface area contributed by atoms with Crippen molar-refractivity contribution in [3.05, 3.63) is 0 Å². The van der Waals surface area contributed by atoms with Gasteiger partial charge in [-0.2, -0.15) is 0 Å². The summed E-state index contributed by atoms with van der Waals surface area (Å²) in [6.07, 6.45) is 12.1. The van der Waals surface area contributed by atoms with Crippen LogP contribution >= 0.6 is 0 Å². The third-order valence-corrected chi connectivity index (χ3v) is 4.84. The molecule has 2 aliphatic carbocycles. The van der Waals surface area contributed by atoms with Crippen molar-refractivity contribution in [1.82, 2.24) is 0 Å². The molecular formula is C15H24O2. The van der Waals surface area contributed by atoms with Crippen molar-refractivity contribution in [2.45, 2.75) is 64.2 Å². The van der Waals surface area contributed by atoms with Crippen LogP contribution in [0.2, 0.25) is 0 Å². The van der Waals surface area contributed by atoms with Crippen molar-refractivity contribution < 1.29 is 9.59 Å². The van der Waals surface area contributed by atoms with Crippen LogP contribution in [0.4, 0.5) is 0 Å². The van der Waals surface area contributed by atoms with Crippen molar-refractivity contribution in [3.63, 3.8) is 0 Å². The average Bonchev–Trinajstić information content (AvgIpc) is 2.38. The minimum Gasteiger partial charge on any atom is -0.303 e. The Kier molecular flexibility index (Phi) is 4.75. The monoisotopic (exact) mass is 236 g/mol. The van der Waals surface area contributed by atoms with Crippen LogP contribution in [0.25, 0.3) is 0 Å². The van der Waals surface area contributed by atoms with Gasteiger partial charge in [0.1, 0.15) is 12.1 Å². The first kappa shape index (κ1) is 12.8. The first-order valence-electron chi connectivity index (χ1n) is 7.25. The molecule has 17 heavy (non-hydrogen) atoms. The number of carbonyl (C=O) groups excluding carboxylic acids is 2. The van der Waals surface area contributed by atoms with Gasteiger partial charge >= 0.3 is 0 Å². The van der Waals surface area contributed by atoms with E-state index < -0.39 is 0 Å². The number of hydrogen-bond acceptors (Lipinski definition) is 2. The van der Waals surface area contributed by atoms with E-state index in [1.54, 1.807) is 0 Å². The number of hydrogen-bond donors (Lipinski definition) is 0. The maximum atomic E-state index is 11.2. The molecule has 0 unspecified atom stereocenters. The molecule has 0 aliphatic heterocycles. The molecule has 2 aliphatic rings. The van der Waals surface area contributed by atoms with E-state index in [0.29, 0.717) is 5.78 Å². The van der Waals surface area contributed by atoms with E-state index in [-0.39, 0.29) is 0 Å². The van der Waals surface area contributed by atoms with Gasteiger partial charge in [-0.3, -0.25) is 4.79 Å². The lowest BCUT2D eigenvalue weighted by atomic mass is 9.70. The van der Waals surface area contributed by atoms with Crippen LogP contribution in [0.1, 0.15) is 64.2 Å². The molecule has 0 aromatic rings. The normalized spacial score (nSPS) is 31.4. The molecule has 0 atom stereocenters. The van der Waals surface area contributed by atoms with Crippen LogP contribution in [-0.4, -0.2) is 12.1 Å². The Morgan fingerprint density at radius 2 is 1.53 bits per heavy atom. The van der Waals surface area contributed by atoms with Gasteiger partial charge in [0.2, 0.25) is 0 Å². The van der Waals surface area contributed by atoms with Crippen LogP contribution in [-0.2, 0) is 9.59 Å². The quantitative estimate of drug-likeness (QED) is 0.700. The Morgan fingerprint density at radius 1 is 0.941 bits per heavy atom. The molecular weight excluding hydrogens is 212 g/mol. The average molecular weight is 236 g/mol. The van der Waals surface area contributed by atoms with Gasteiger partial charge in [0, 0.05) is 19.3 Å². The Hall–Kier alpha value is -0.660. The first-order valence-corrected chi connectivity index (χ1v) is 7.25. The summed E-state index contributed by atoms with van der Waals surface area (Å²) in [6.45, 7) is 0. The van der Waals surface area contributed by atoms with E-state index in [4.69, 9.17) is 0 Å². The molecule has 0 N–H and O–H groups in total. The zero-order valence-electron chi connectivity index (χ0n) is 10.7. The molecule has 0 aromatic heterocycles. The topological polar surface area (TPSA) is 34.1 Å². The molecule has 0 heterocycles. The molecule has 2 fully saturated rings. The highest BCUT2D eigenvalue weighted by Gasteiger charge is 2.29. The maximum Gasteiger partial charge on any atom is 0.132 e. The number of ketones is 1. The highest BCUT2D eigenvalue weighted by atomic mass is 16.1. The lowest BCUT2D eigenvalue weighted by Crippen LogP contribution is -2.25. The fraction of sp³-hybridized carbons (Fsp3) is 0.867. The van der Waals surface area contributed by atoms with Crippen molar-refractivity contribution in [2.24, 2.45) is 17.8 Å². The molecule has 0 spiro atoms. The Morgan fingerprint density at radius 3 is 2.12 bits per heavy atom. The van der Waals surface area contributed by atoms with Gasteiger partial charge in [-0.1, -0.05) is 12.8 Å². The highest BCUT2D eigenvalue weighted by molar-refractivity contribution is 5.79. The molecule has 2 rings (SSSR count). The zero-order valence-corrected chi connectivity index (χ0v) is 10.7. The molecule has 2 heteroatoms. The SMILES string of the molecule is O=CCCC1CCC(C2CCC(=O)CC2)CC1. The second kappa shape index (κ2) is 6.32. The maximum absolute atomic E-state index is 11.2. The zero-order chi connectivity index (χ0) is 12.1. The summed E-state index contributed by atoms with van der Waals surface area (Å²) < 4.78 is 0. The summed E-state index contributed by atoms with van der Waals surface area (Å²) in [5.41, 5.74) is 0. The molecule has 0 bridgehead atoms. The lowest BCUT2D eigenvalue weighted by molar-refractivity contribution is -0.121. The number of Topliss-reactive ketones (excluding diaryl/α,β-unsaturated/α-hetero) is 1. The predicted octanol–water partition coefficient (Wildman–Crippen LogP) is 3.53. The molecule has 0 radical (unpaired) electrons. The number of rotatable bonds is 4. The molecule has 0 saturated heterocycles. The van der Waals surface area contributed by atoms with E-state index in [0.717, 1.165) is 62.6 Å². The van der Waals surface area contributed by atoms with Crippen LogP contribution < -0.4 is 0 Å². The summed E-state index contributed by atoms with van der Waals surface area (Å²) in [6, 6.07) is 0. The Labute approximate surface area is 104 Å². The van der Waals surface area contributed by atoms with Crippen molar-refractivity contribution in [2.75, 3.05) is 0 Å². The third kappa shape index (κ3) is 3.65. The second-order valence-electron chi connectivity index (χ2n) is 5.90. The van der Waals surface area contributed by atoms with Gasteiger partial charge in [0.05, 0.1) is 0 Å². The minimum atomic E-state index is 0.473. The smallest absolute Gasteiger partial charge is 0.132 e. The van der Waals surface area contributed by atoms with Gasteiger partial charge in [0.25, 0.3) is 0 Å². The van der Waals surface area contributed by atoms with Crippen LogP contribution in [0.5, 0.6) is 0 Å². The van der Waals surface area contributed by atoms with E-state index in [1.807, 2.05) is 0 Å². The van der Waals surface area contributed by atoms with Crippen molar-refractivity contribution in [3.8, 4) is 0 Å². The second-order valence-corrected chi connectivity index (χ2v) is 5.90. The van der Waals surface area contributed by atoms with Gasteiger partial charge in [-0.25, -0.2) is 0 Å². The number of aldehydes is 1. The predicted molar refractivity (Wildman–Crippen MR) is 67.7 cm³/mol. The molecule has 2 saturated carbocycles. The van der Waals surface area contributed by atoms with Crippen molar-refractivity contribution >= 4 is 12.1 Å². The summed E-state index contributed by atoms with van der Waals surface area (Å²) in [5, 5.41) is 0.